The lowest BCUT2D eigenvalue weighted by Crippen LogP contribution is -2.47. The van der Waals surface area contributed by atoms with Crippen LogP contribution in [0.5, 0.6) is 11.5 Å². The standard InChI is InChI=1S/C35H38ClN3O3/c1-35(2)14-12-26(31(22-35)24-4-6-27(36)7-5-24)23-38-16-18-39(19-17-38)28-8-10-30(34(40)41-3)33(21-28)42-29-9-11-32-25(20-29)13-15-37-32/h4-11,13,15,20-21,37H,12,14,16-19,22-23H2,1-3H3. The number of halogens is 1. The van der Waals surface area contributed by atoms with Gasteiger partial charge in [0.2, 0.25) is 0 Å². The number of carbonyl (C=O) groups is 1. The number of hydrogen-bond acceptors (Lipinski definition) is 5. The van der Waals surface area contributed by atoms with Crippen molar-refractivity contribution in [2.24, 2.45) is 5.41 Å². The van der Waals surface area contributed by atoms with Crippen LogP contribution in [0.4, 0.5) is 5.69 Å². The molecular formula is C35H38ClN3O3. The van der Waals surface area contributed by atoms with Crippen LogP contribution in [0.25, 0.3) is 16.5 Å². The number of benzene rings is 3. The largest absolute Gasteiger partial charge is 0.465 e. The predicted molar refractivity (Wildman–Crippen MR) is 171 cm³/mol. The predicted octanol–water partition coefficient (Wildman–Crippen LogP) is 8.19. The van der Waals surface area contributed by atoms with E-state index >= 15 is 0 Å². The van der Waals surface area contributed by atoms with E-state index in [1.807, 2.05) is 60.8 Å². The van der Waals surface area contributed by atoms with Gasteiger partial charge in [-0.15, -0.1) is 0 Å². The summed E-state index contributed by atoms with van der Waals surface area (Å²) in [5.74, 6) is 0.762. The van der Waals surface area contributed by atoms with Crippen LogP contribution >= 0.6 is 11.6 Å². The first kappa shape index (κ1) is 28.4. The lowest BCUT2D eigenvalue weighted by atomic mass is 9.72. The second kappa shape index (κ2) is 11.9. The van der Waals surface area contributed by atoms with Gasteiger partial charge in [-0.3, -0.25) is 4.90 Å². The normalized spacial score (nSPS) is 17.5. The Morgan fingerprint density at radius 3 is 2.52 bits per heavy atom. The first-order valence-corrected chi connectivity index (χ1v) is 15.1. The third kappa shape index (κ3) is 6.20. The van der Waals surface area contributed by atoms with E-state index in [0.717, 1.165) is 67.2 Å². The van der Waals surface area contributed by atoms with E-state index in [4.69, 9.17) is 21.1 Å². The summed E-state index contributed by atoms with van der Waals surface area (Å²) in [5, 5.41) is 1.83. The Morgan fingerprint density at radius 2 is 1.76 bits per heavy atom. The zero-order valence-corrected chi connectivity index (χ0v) is 25.3. The summed E-state index contributed by atoms with van der Waals surface area (Å²) in [5.41, 5.74) is 7.15. The number of allylic oxidation sites excluding steroid dienone is 1. The molecule has 1 aliphatic heterocycles. The third-order valence-corrected chi connectivity index (χ3v) is 8.91. The molecule has 2 aliphatic rings. The maximum atomic E-state index is 12.6. The number of anilines is 1. The molecule has 0 atom stereocenters. The first-order valence-electron chi connectivity index (χ1n) is 14.7. The van der Waals surface area contributed by atoms with Crippen LogP contribution in [0.15, 0.2) is 78.5 Å². The molecule has 1 aliphatic carbocycles. The fraction of sp³-hybridized carbons (Fsp3) is 0.343. The van der Waals surface area contributed by atoms with E-state index in [1.54, 1.807) is 5.57 Å². The number of nitrogens with one attached hydrogen (secondary N) is 1. The summed E-state index contributed by atoms with van der Waals surface area (Å²) in [4.78, 5) is 20.7. The van der Waals surface area contributed by atoms with Gasteiger partial charge >= 0.3 is 5.97 Å². The molecular weight excluding hydrogens is 546 g/mol. The molecule has 1 saturated heterocycles. The molecule has 1 N–H and O–H groups in total. The van der Waals surface area contributed by atoms with Gasteiger partial charge in [0.1, 0.15) is 17.1 Å². The van der Waals surface area contributed by atoms with E-state index in [9.17, 15) is 4.79 Å². The Hall–Kier alpha value is -3.74. The molecule has 0 radical (unpaired) electrons. The van der Waals surface area contributed by atoms with Crippen molar-refractivity contribution in [2.75, 3.05) is 44.7 Å². The Balaban J connectivity index is 1.18. The molecule has 7 heteroatoms. The van der Waals surface area contributed by atoms with Crippen molar-refractivity contribution in [1.29, 1.82) is 0 Å². The van der Waals surface area contributed by atoms with Crippen molar-refractivity contribution < 1.29 is 14.3 Å². The number of H-pyrrole nitrogens is 1. The number of fused-ring (bicyclic) bond motifs is 1. The molecule has 1 aromatic heterocycles. The maximum Gasteiger partial charge on any atom is 0.341 e. The molecule has 218 valence electrons. The fourth-order valence-electron chi connectivity index (χ4n) is 6.19. The van der Waals surface area contributed by atoms with Gasteiger partial charge in [-0.25, -0.2) is 4.79 Å². The molecule has 4 aromatic rings. The minimum atomic E-state index is -0.412. The fourth-order valence-corrected chi connectivity index (χ4v) is 6.32. The van der Waals surface area contributed by atoms with Gasteiger partial charge in [-0.2, -0.15) is 0 Å². The number of aromatic nitrogens is 1. The lowest BCUT2D eigenvalue weighted by Gasteiger charge is -2.39. The molecule has 6 rings (SSSR count). The Kier molecular flexibility index (Phi) is 8.02. The van der Waals surface area contributed by atoms with Gasteiger partial charge in [-0.1, -0.05) is 43.2 Å². The Morgan fingerprint density at radius 1 is 0.976 bits per heavy atom. The molecule has 0 unspecified atom stereocenters. The van der Waals surface area contributed by atoms with Gasteiger partial charge in [0.25, 0.3) is 0 Å². The second-order valence-electron chi connectivity index (χ2n) is 12.2. The van der Waals surface area contributed by atoms with Crippen LogP contribution in [-0.2, 0) is 4.74 Å². The van der Waals surface area contributed by atoms with Crippen LogP contribution in [0.2, 0.25) is 5.02 Å². The van der Waals surface area contributed by atoms with Crippen LogP contribution in [0.1, 0.15) is 49.0 Å². The number of esters is 1. The van der Waals surface area contributed by atoms with E-state index in [0.29, 0.717) is 22.5 Å². The molecule has 0 spiro atoms. The van der Waals surface area contributed by atoms with E-state index in [2.05, 4.69) is 40.8 Å². The molecule has 2 heterocycles. The highest BCUT2D eigenvalue weighted by Gasteiger charge is 2.29. The summed E-state index contributed by atoms with van der Waals surface area (Å²) in [6, 6.07) is 22.0. The van der Waals surface area contributed by atoms with Crippen molar-refractivity contribution >= 4 is 39.7 Å². The minimum Gasteiger partial charge on any atom is -0.465 e. The monoisotopic (exact) mass is 583 g/mol. The van der Waals surface area contributed by atoms with Gasteiger partial charge in [0, 0.05) is 66.6 Å². The zero-order valence-electron chi connectivity index (χ0n) is 24.6. The van der Waals surface area contributed by atoms with Crippen molar-refractivity contribution in [3.05, 3.63) is 94.6 Å². The topological polar surface area (TPSA) is 57.8 Å². The Bertz CT molecular complexity index is 1610. The number of hydrogen-bond donors (Lipinski definition) is 1. The van der Waals surface area contributed by atoms with Crippen LogP contribution in [0, 0.1) is 5.41 Å². The summed E-state index contributed by atoms with van der Waals surface area (Å²) < 4.78 is 11.3. The minimum absolute atomic E-state index is 0.306. The highest BCUT2D eigenvalue weighted by Crippen LogP contribution is 2.43. The Labute approximate surface area is 252 Å². The van der Waals surface area contributed by atoms with Gasteiger partial charge in [0.05, 0.1) is 7.11 Å². The summed E-state index contributed by atoms with van der Waals surface area (Å²) >= 11 is 6.20. The number of ether oxygens (including phenoxy) is 2. The summed E-state index contributed by atoms with van der Waals surface area (Å²) in [6.07, 6.45) is 5.34. The number of aromatic amines is 1. The highest BCUT2D eigenvalue weighted by molar-refractivity contribution is 6.30. The average Bonchev–Trinajstić information content (AvgIpc) is 3.46. The summed E-state index contributed by atoms with van der Waals surface area (Å²) in [7, 11) is 1.40. The zero-order chi connectivity index (χ0) is 29.3. The second-order valence-corrected chi connectivity index (χ2v) is 12.6. The van der Waals surface area contributed by atoms with Crippen LogP contribution in [-0.4, -0.2) is 55.7 Å². The van der Waals surface area contributed by atoms with E-state index in [1.165, 1.54) is 24.7 Å². The van der Waals surface area contributed by atoms with Crippen LogP contribution in [0.3, 0.4) is 0 Å². The summed E-state index contributed by atoms with van der Waals surface area (Å²) in [6.45, 7) is 9.50. The van der Waals surface area contributed by atoms with Gasteiger partial charge in [0.15, 0.2) is 0 Å². The van der Waals surface area contributed by atoms with Gasteiger partial charge in [-0.05, 0) is 84.3 Å². The molecule has 42 heavy (non-hydrogen) atoms. The SMILES string of the molecule is COC(=O)c1ccc(N2CCN(CC3=C(c4ccc(Cl)cc4)CC(C)(C)CC3)CC2)cc1Oc1ccc2[nH]ccc2c1. The van der Waals surface area contributed by atoms with Crippen molar-refractivity contribution in [1.82, 2.24) is 9.88 Å². The van der Waals surface area contributed by atoms with E-state index < -0.39 is 5.97 Å². The number of carbonyl (C=O) groups excluding carboxylic acids is 1. The number of nitrogens with zero attached hydrogens (tertiary/aromatic N) is 2. The number of rotatable bonds is 7. The number of methoxy groups -OCH3 is 1. The smallest absolute Gasteiger partial charge is 0.341 e. The maximum absolute atomic E-state index is 12.6. The molecule has 6 nitrogen and oxygen atoms in total. The molecule has 0 amide bonds. The quantitative estimate of drug-likeness (QED) is 0.222. The molecule has 1 fully saturated rings. The molecule has 0 bridgehead atoms. The van der Waals surface area contributed by atoms with Crippen molar-refractivity contribution in [3.8, 4) is 11.5 Å². The highest BCUT2D eigenvalue weighted by atomic mass is 35.5. The first-order chi connectivity index (χ1) is 20.3. The average molecular weight is 584 g/mol. The van der Waals surface area contributed by atoms with Gasteiger partial charge < -0.3 is 19.4 Å². The third-order valence-electron chi connectivity index (χ3n) is 8.65. The molecule has 3 aromatic carbocycles. The van der Waals surface area contributed by atoms with Crippen molar-refractivity contribution in [2.45, 2.75) is 33.1 Å². The van der Waals surface area contributed by atoms with Crippen molar-refractivity contribution in [3.63, 3.8) is 0 Å². The number of piperazine rings is 1. The molecule has 0 saturated carbocycles. The van der Waals surface area contributed by atoms with Crippen LogP contribution < -0.4 is 9.64 Å². The lowest BCUT2D eigenvalue weighted by molar-refractivity contribution is 0.0598. The van der Waals surface area contributed by atoms with E-state index in [-0.39, 0.29) is 0 Å².